The number of aromatic amines is 1. The van der Waals surface area contributed by atoms with Crippen molar-refractivity contribution in [2.75, 3.05) is 4.90 Å². The van der Waals surface area contributed by atoms with Gasteiger partial charge in [-0.05, 0) is 31.0 Å². The summed E-state index contributed by atoms with van der Waals surface area (Å²) in [4.78, 5) is 53.0. The molecule has 1 aromatic heterocycles. The summed E-state index contributed by atoms with van der Waals surface area (Å²) >= 11 is 0. The number of aromatic nitrogens is 3. The molecule has 8 nitrogen and oxygen atoms in total. The summed E-state index contributed by atoms with van der Waals surface area (Å²) in [6, 6.07) is 17.6. The van der Waals surface area contributed by atoms with E-state index in [-0.39, 0.29) is 24.8 Å². The van der Waals surface area contributed by atoms with E-state index in [1.54, 1.807) is 30.3 Å². The zero-order chi connectivity index (χ0) is 22.4. The van der Waals surface area contributed by atoms with Gasteiger partial charge in [-0.15, -0.1) is 0 Å². The molecule has 1 N–H and O–H groups in total. The first-order chi connectivity index (χ1) is 15.5. The summed E-state index contributed by atoms with van der Waals surface area (Å²) in [5.74, 6) is -1.68. The van der Waals surface area contributed by atoms with Crippen molar-refractivity contribution in [3.8, 4) is 0 Å². The molecule has 2 heterocycles. The number of nitrogens with zero attached hydrogens (tertiary/aromatic N) is 3. The molecule has 3 aromatic rings. The van der Waals surface area contributed by atoms with Crippen molar-refractivity contribution in [2.45, 2.75) is 25.9 Å². The quantitative estimate of drug-likeness (QED) is 0.506. The van der Waals surface area contributed by atoms with Gasteiger partial charge >= 0.3 is 11.4 Å². The SMILES string of the molecule is CC1=C[C@H]2C(=O)N(c3ccccc3)C(=O)[C@@H]2C[C@@H]1n1[nH]c(=O)n(Cc2ccccc2)c1=O. The van der Waals surface area contributed by atoms with Gasteiger partial charge in [-0.25, -0.2) is 28.8 Å². The molecule has 8 heteroatoms. The molecule has 1 aliphatic heterocycles. The number of rotatable bonds is 4. The van der Waals surface area contributed by atoms with Crippen LogP contribution in [0.15, 0.2) is 81.9 Å². The van der Waals surface area contributed by atoms with Gasteiger partial charge in [0.15, 0.2) is 0 Å². The van der Waals surface area contributed by atoms with Crippen LogP contribution < -0.4 is 16.3 Å². The zero-order valence-corrected chi connectivity index (χ0v) is 17.5. The minimum Gasteiger partial charge on any atom is -0.274 e. The first-order valence-corrected chi connectivity index (χ1v) is 10.5. The topological polar surface area (TPSA) is 97.2 Å². The number of para-hydroxylation sites is 1. The number of amides is 2. The third kappa shape index (κ3) is 3.15. The van der Waals surface area contributed by atoms with Crippen LogP contribution in [0, 0.1) is 11.8 Å². The third-order valence-corrected chi connectivity index (χ3v) is 6.33. The monoisotopic (exact) mass is 430 g/mol. The lowest BCUT2D eigenvalue weighted by molar-refractivity contribution is -0.122. The Hall–Kier alpha value is -3.94. The number of imide groups is 1. The van der Waals surface area contributed by atoms with Gasteiger partial charge in [0.1, 0.15) is 0 Å². The Morgan fingerprint density at radius 1 is 0.906 bits per heavy atom. The van der Waals surface area contributed by atoms with Gasteiger partial charge in [-0.1, -0.05) is 60.2 Å². The molecule has 1 aliphatic carbocycles. The fourth-order valence-electron chi connectivity index (χ4n) is 4.69. The van der Waals surface area contributed by atoms with Crippen LogP contribution in [0.2, 0.25) is 0 Å². The van der Waals surface area contributed by atoms with Gasteiger partial charge < -0.3 is 0 Å². The van der Waals surface area contributed by atoms with Crippen molar-refractivity contribution in [3.63, 3.8) is 0 Å². The normalized spacial score (nSPS) is 22.7. The highest BCUT2D eigenvalue weighted by Gasteiger charge is 2.50. The number of H-pyrrole nitrogens is 1. The van der Waals surface area contributed by atoms with Crippen molar-refractivity contribution < 1.29 is 9.59 Å². The Morgan fingerprint density at radius 2 is 1.56 bits per heavy atom. The molecule has 2 aromatic carbocycles. The molecule has 0 radical (unpaired) electrons. The van der Waals surface area contributed by atoms with E-state index in [9.17, 15) is 19.2 Å². The number of hydrogen-bond acceptors (Lipinski definition) is 4. The first-order valence-electron chi connectivity index (χ1n) is 10.5. The minimum absolute atomic E-state index is 0.155. The van der Waals surface area contributed by atoms with Crippen molar-refractivity contribution in [3.05, 3.63) is 98.8 Å². The van der Waals surface area contributed by atoms with Gasteiger partial charge in [0.05, 0.1) is 30.1 Å². The van der Waals surface area contributed by atoms with E-state index < -0.39 is 29.3 Å². The number of anilines is 1. The van der Waals surface area contributed by atoms with E-state index in [0.717, 1.165) is 15.7 Å². The lowest BCUT2D eigenvalue weighted by atomic mass is 9.80. The standard InChI is InChI=1S/C24H22N4O4/c1-15-12-18-19(22(30)27(21(18)29)17-10-6-3-7-11-17)13-20(15)28-24(32)26(23(31)25-28)14-16-8-4-2-5-9-16/h2-12,18-20H,13-14H2,1H3,(H,25,31)/t18-,19-,20+/m1/s1. The van der Waals surface area contributed by atoms with Crippen LogP contribution in [0.1, 0.15) is 24.9 Å². The molecule has 2 aliphatic rings. The number of hydrogen-bond donors (Lipinski definition) is 1. The molecule has 0 unspecified atom stereocenters. The summed E-state index contributed by atoms with van der Waals surface area (Å²) in [7, 11) is 0. The summed E-state index contributed by atoms with van der Waals surface area (Å²) in [6.45, 7) is 1.98. The molecule has 2 amide bonds. The Kier molecular flexibility index (Phi) is 4.77. The third-order valence-electron chi connectivity index (χ3n) is 6.33. The maximum Gasteiger partial charge on any atom is 0.347 e. The smallest absolute Gasteiger partial charge is 0.274 e. The van der Waals surface area contributed by atoms with E-state index in [0.29, 0.717) is 5.69 Å². The second-order valence-corrected chi connectivity index (χ2v) is 8.28. The average Bonchev–Trinajstić information content (AvgIpc) is 3.21. The Bertz CT molecular complexity index is 1330. The Balaban J connectivity index is 1.47. The van der Waals surface area contributed by atoms with Crippen LogP contribution in [0.25, 0.3) is 0 Å². The van der Waals surface area contributed by atoms with E-state index in [1.807, 2.05) is 43.3 Å². The molecular formula is C24H22N4O4. The molecule has 0 saturated carbocycles. The van der Waals surface area contributed by atoms with Crippen LogP contribution in [0.4, 0.5) is 5.69 Å². The molecule has 32 heavy (non-hydrogen) atoms. The van der Waals surface area contributed by atoms with Crippen LogP contribution in [0.3, 0.4) is 0 Å². The summed E-state index contributed by atoms with van der Waals surface area (Å²) < 4.78 is 2.43. The highest BCUT2D eigenvalue weighted by atomic mass is 16.2. The lowest BCUT2D eigenvalue weighted by Gasteiger charge is -2.27. The van der Waals surface area contributed by atoms with Gasteiger partial charge in [-0.2, -0.15) is 0 Å². The van der Waals surface area contributed by atoms with Crippen molar-refractivity contribution >= 4 is 17.5 Å². The highest BCUT2D eigenvalue weighted by Crippen LogP contribution is 2.42. The number of carbonyl (C=O) groups is 2. The van der Waals surface area contributed by atoms with Gasteiger partial charge in [-0.3, -0.25) is 9.59 Å². The van der Waals surface area contributed by atoms with E-state index in [2.05, 4.69) is 5.10 Å². The fourth-order valence-corrected chi connectivity index (χ4v) is 4.69. The highest BCUT2D eigenvalue weighted by molar-refractivity contribution is 6.22. The minimum atomic E-state index is -0.579. The lowest BCUT2D eigenvalue weighted by Crippen LogP contribution is -2.35. The molecule has 1 saturated heterocycles. The molecule has 3 atom stereocenters. The van der Waals surface area contributed by atoms with Crippen molar-refractivity contribution in [1.82, 2.24) is 14.3 Å². The van der Waals surface area contributed by atoms with Crippen molar-refractivity contribution in [2.24, 2.45) is 11.8 Å². The van der Waals surface area contributed by atoms with Gasteiger partial charge in [0.2, 0.25) is 11.8 Å². The zero-order valence-electron chi connectivity index (χ0n) is 17.5. The second-order valence-electron chi connectivity index (χ2n) is 8.28. The molecular weight excluding hydrogens is 408 g/mol. The Morgan fingerprint density at radius 3 is 2.25 bits per heavy atom. The predicted octanol–water partition coefficient (Wildman–Crippen LogP) is 2.08. The van der Waals surface area contributed by atoms with Gasteiger partial charge in [0, 0.05) is 0 Å². The average molecular weight is 430 g/mol. The van der Waals surface area contributed by atoms with Gasteiger partial charge in [0.25, 0.3) is 0 Å². The van der Waals surface area contributed by atoms with Crippen LogP contribution in [-0.4, -0.2) is 26.2 Å². The number of allylic oxidation sites excluding steroid dienone is 1. The number of nitrogens with one attached hydrogen (secondary N) is 1. The second kappa shape index (κ2) is 7.64. The number of carbonyl (C=O) groups excluding carboxylic acids is 2. The largest absolute Gasteiger partial charge is 0.347 e. The molecule has 0 spiro atoms. The van der Waals surface area contributed by atoms with Crippen LogP contribution in [0.5, 0.6) is 0 Å². The predicted molar refractivity (Wildman–Crippen MR) is 118 cm³/mol. The molecule has 0 bridgehead atoms. The fraction of sp³-hybridized carbons (Fsp3) is 0.250. The Labute approximate surface area is 183 Å². The summed E-state index contributed by atoms with van der Waals surface area (Å²) in [5, 5.41) is 2.64. The van der Waals surface area contributed by atoms with E-state index >= 15 is 0 Å². The van der Waals surface area contributed by atoms with Crippen LogP contribution >= 0.6 is 0 Å². The summed E-state index contributed by atoms with van der Waals surface area (Å²) in [5.41, 5.74) is 1.18. The number of fused-ring (bicyclic) bond motifs is 1. The molecule has 1 fully saturated rings. The first kappa shape index (κ1) is 20.0. The molecule has 5 rings (SSSR count). The van der Waals surface area contributed by atoms with E-state index in [1.165, 1.54) is 9.58 Å². The van der Waals surface area contributed by atoms with E-state index in [4.69, 9.17) is 0 Å². The number of benzene rings is 2. The maximum atomic E-state index is 13.1. The van der Waals surface area contributed by atoms with Crippen molar-refractivity contribution in [1.29, 1.82) is 0 Å². The maximum absolute atomic E-state index is 13.1. The van der Waals surface area contributed by atoms with Crippen LogP contribution in [-0.2, 0) is 16.1 Å². The summed E-state index contributed by atoms with van der Waals surface area (Å²) in [6.07, 6.45) is 2.04. The molecule has 162 valence electrons.